The van der Waals surface area contributed by atoms with Gasteiger partial charge in [-0.05, 0) is 27.2 Å². The Morgan fingerprint density at radius 3 is 2.60 bits per heavy atom. The minimum atomic E-state index is -0.485. The largest absolute Gasteiger partial charge is 0.444 e. The zero-order chi connectivity index (χ0) is 18.2. The highest BCUT2D eigenvalue weighted by atomic mass is 127. The molecule has 1 heterocycles. The number of aryl methyl sites for hydroxylation is 1. The van der Waals surface area contributed by atoms with Gasteiger partial charge in [-0.2, -0.15) is 0 Å². The second-order valence-electron chi connectivity index (χ2n) is 6.33. The van der Waals surface area contributed by atoms with Crippen LogP contribution < -0.4 is 10.6 Å². The van der Waals surface area contributed by atoms with Crippen LogP contribution in [0.2, 0.25) is 0 Å². The molecule has 0 aliphatic carbocycles. The van der Waals surface area contributed by atoms with Crippen LogP contribution in [0.1, 0.15) is 37.6 Å². The summed E-state index contributed by atoms with van der Waals surface area (Å²) in [6.45, 7) is 9.40. The van der Waals surface area contributed by atoms with Crippen molar-refractivity contribution < 1.29 is 9.53 Å². The van der Waals surface area contributed by atoms with Crippen LogP contribution in [-0.2, 0) is 17.7 Å². The highest BCUT2D eigenvalue weighted by Crippen LogP contribution is 2.12. The van der Waals surface area contributed by atoms with Gasteiger partial charge in [-0.15, -0.1) is 35.3 Å². The first-order valence-corrected chi connectivity index (χ1v) is 8.89. The Bertz CT molecular complexity index is 557. The van der Waals surface area contributed by atoms with Gasteiger partial charge in [0.15, 0.2) is 5.96 Å². The summed E-state index contributed by atoms with van der Waals surface area (Å²) in [4.78, 5) is 23.2. The van der Waals surface area contributed by atoms with E-state index in [1.807, 2.05) is 27.0 Å². The molecule has 0 aliphatic heterocycles. The van der Waals surface area contributed by atoms with Gasteiger partial charge >= 0.3 is 6.09 Å². The maximum atomic E-state index is 11.9. The van der Waals surface area contributed by atoms with Crippen LogP contribution in [0.5, 0.6) is 0 Å². The number of carbonyl (C=O) groups is 1. The van der Waals surface area contributed by atoms with Crippen molar-refractivity contribution in [2.45, 2.75) is 46.3 Å². The molecular weight excluding hydrogens is 453 g/mol. The second kappa shape index (κ2) is 11.5. The number of ether oxygens (including phenoxy) is 1. The Balaban J connectivity index is 0.00000576. The lowest BCUT2D eigenvalue weighted by molar-refractivity contribution is 0.0302. The Morgan fingerprint density at radius 1 is 1.40 bits per heavy atom. The molecule has 0 aliphatic rings. The van der Waals surface area contributed by atoms with Crippen molar-refractivity contribution in [3.8, 4) is 0 Å². The molecule has 25 heavy (non-hydrogen) atoms. The van der Waals surface area contributed by atoms with Gasteiger partial charge in [0.2, 0.25) is 0 Å². The molecule has 1 aromatic heterocycles. The third kappa shape index (κ3) is 9.83. The lowest BCUT2D eigenvalue weighted by Gasteiger charge is -2.24. The summed E-state index contributed by atoms with van der Waals surface area (Å²) in [7, 11) is 3.43. The number of nitrogens with zero attached hydrogens (tertiary/aromatic N) is 3. The maximum Gasteiger partial charge on any atom is 0.410 e. The minimum absolute atomic E-state index is 0. The maximum absolute atomic E-state index is 11.9. The van der Waals surface area contributed by atoms with Crippen molar-refractivity contribution in [3.63, 3.8) is 0 Å². The molecule has 7 nitrogen and oxygen atoms in total. The van der Waals surface area contributed by atoms with Gasteiger partial charge in [0.05, 0.1) is 6.54 Å². The van der Waals surface area contributed by atoms with Crippen molar-refractivity contribution in [2.24, 2.45) is 4.99 Å². The summed E-state index contributed by atoms with van der Waals surface area (Å²) in [5, 5.41) is 7.42. The Kier molecular flexibility index (Phi) is 11.0. The van der Waals surface area contributed by atoms with Gasteiger partial charge in [0.25, 0.3) is 0 Å². The topological polar surface area (TPSA) is 78.9 Å². The SMILES string of the molecule is CCc1cnc(CNC(=NC)NCCN(C)C(=O)OC(C)(C)C)s1.I. The number of nitrogens with one attached hydrogen (secondary N) is 2. The Hall–Kier alpha value is -1.10. The van der Waals surface area contributed by atoms with Crippen LogP contribution in [0.4, 0.5) is 4.79 Å². The number of likely N-dealkylation sites (N-methyl/N-ethyl adjacent to an activating group) is 1. The molecule has 2 N–H and O–H groups in total. The number of aliphatic imine (C=N–C) groups is 1. The number of halogens is 1. The molecule has 144 valence electrons. The minimum Gasteiger partial charge on any atom is -0.444 e. The average molecular weight is 483 g/mol. The van der Waals surface area contributed by atoms with Gasteiger partial charge in [-0.3, -0.25) is 4.99 Å². The van der Waals surface area contributed by atoms with E-state index in [0.29, 0.717) is 25.6 Å². The van der Waals surface area contributed by atoms with Crippen LogP contribution in [0.25, 0.3) is 0 Å². The molecule has 1 amide bonds. The van der Waals surface area contributed by atoms with Crippen molar-refractivity contribution in [1.82, 2.24) is 20.5 Å². The first-order chi connectivity index (χ1) is 11.2. The molecule has 0 saturated carbocycles. The molecule has 0 radical (unpaired) electrons. The number of hydrogen-bond donors (Lipinski definition) is 2. The highest BCUT2D eigenvalue weighted by molar-refractivity contribution is 14.0. The van der Waals surface area contributed by atoms with Crippen LogP contribution in [0.15, 0.2) is 11.2 Å². The van der Waals surface area contributed by atoms with Crippen molar-refractivity contribution in [1.29, 1.82) is 0 Å². The van der Waals surface area contributed by atoms with Crippen LogP contribution in [0.3, 0.4) is 0 Å². The third-order valence-electron chi connectivity index (χ3n) is 3.03. The lowest BCUT2D eigenvalue weighted by Crippen LogP contribution is -2.42. The van der Waals surface area contributed by atoms with E-state index in [-0.39, 0.29) is 30.1 Å². The number of thiazole rings is 1. The van der Waals surface area contributed by atoms with E-state index in [1.54, 1.807) is 30.3 Å². The zero-order valence-corrected chi connectivity index (χ0v) is 19.0. The monoisotopic (exact) mass is 483 g/mol. The third-order valence-corrected chi connectivity index (χ3v) is 4.17. The number of amides is 1. The van der Waals surface area contributed by atoms with Crippen molar-refractivity contribution in [3.05, 3.63) is 16.1 Å². The molecule has 0 bridgehead atoms. The van der Waals surface area contributed by atoms with Gasteiger partial charge in [0, 0.05) is 38.3 Å². The van der Waals surface area contributed by atoms with Crippen LogP contribution >= 0.6 is 35.3 Å². The van der Waals surface area contributed by atoms with Crippen molar-refractivity contribution >= 4 is 47.4 Å². The number of rotatable bonds is 6. The summed E-state index contributed by atoms with van der Waals surface area (Å²) < 4.78 is 5.31. The van der Waals surface area contributed by atoms with Gasteiger partial charge in [0.1, 0.15) is 10.6 Å². The normalized spacial score (nSPS) is 11.5. The molecule has 0 spiro atoms. The lowest BCUT2D eigenvalue weighted by atomic mass is 10.2. The Morgan fingerprint density at radius 2 is 2.08 bits per heavy atom. The molecule has 0 unspecified atom stereocenters. The number of guanidine groups is 1. The molecule has 0 aromatic carbocycles. The first-order valence-electron chi connectivity index (χ1n) is 8.07. The number of hydrogen-bond acceptors (Lipinski definition) is 5. The molecular formula is C16H30IN5O2S. The van der Waals surface area contributed by atoms with Gasteiger partial charge < -0.3 is 20.3 Å². The average Bonchev–Trinajstić information content (AvgIpc) is 2.96. The van der Waals surface area contributed by atoms with E-state index in [1.165, 1.54) is 4.88 Å². The Labute approximate surface area is 171 Å². The van der Waals surface area contributed by atoms with E-state index in [2.05, 4.69) is 27.5 Å². The van der Waals surface area contributed by atoms with Crippen molar-refractivity contribution in [2.75, 3.05) is 27.2 Å². The van der Waals surface area contributed by atoms with E-state index < -0.39 is 5.60 Å². The summed E-state index contributed by atoms with van der Waals surface area (Å²) >= 11 is 1.70. The van der Waals surface area contributed by atoms with E-state index >= 15 is 0 Å². The number of carbonyl (C=O) groups excluding carboxylic acids is 1. The molecule has 0 atom stereocenters. The molecule has 0 saturated heterocycles. The van der Waals surface area contributed by atoms with E-state index in [0.717, 1.165) is 11.4 Å². The fourth-order valence-electron chi connectivity index (χ4n) is 1.75. The first kappa shape index (κ1) is 23.9. The summed E-state index contributed by atoms with van der Waals surface area (Å²) in [5.74, 6) is 0.681. The summed E-state index contributed by atoms with van der Waals surface area (Å²) in [5.41, 5.74) is -0.485. The fraction of sp³-hybridized carbons (Fsp3) is 0.688. The highest BCUT2D eigenvalue weighted by Gasteiger charge is 2.19. The quantitative estimate of drug-likeness (QED) is 0.370. The molecule has 0 fully saturated rings. The molecule has 9 heteroatoms. The smallest absolute Gasteiger partial charge is 0.410 e. The summed E-state index contributed by atoms with van der Waals surface area (Å²) in [6, 6.07) is 0. The molecule has 1 aromatic rings. The standard InChI is InChI=1S/C16H29N5O2S.HI/c1-7-12-10-19-13(24-12)11-20-14(17-5)18-8-9-21(6)15(22)23-16(2,3)4;/h10H,7-9,11H2,1-6H3,(H2,17,18,20);1H. The van der Waals surface area contributed by atoms with E-state index in [4.69, 9.17) is 4.74 Å². The fourth-order valence-corrected chi connectivity index (χ4v) is 2.55. The van der Waals surface area contributed by atoms with Crippen LogP contribution in [-0.4, -0.2) is 54.7 Å². The van der Waals surface area contributed by atoms with Crippen LogP contribution in [0, 0.1) is 0 Å². The van der Waals surface area contributed by atoms with Gasteiger partial charge in [-0.25, -0.2) is 9.78 Å². The second-order valence-corrected chi connectivity index (χ2v) is 7.53. The van der Waals surface area contributed by atoms with Gasteiger partial charge in [-0.1, -0.05) is 6.92 Å². The van der Waals surface area contributed by atoms with E-state index in [9.17, 15) is 4.79 Å². The molecule has 1 rings (SSSR count). The predicted octanol–water partition coefficient (Wildman–Crippen LogP) is 2.86. The summed E-state index contributed by atoms with van der Waals surface area (Å²) in [6.07, 6.45) is 2.58. The number of aromatic nitrogens is 1. The predicted molar refractivity (Wildman–Crippen MR) is 114 cm³/mol. The zero-order valence-electron chi connectivity index (χ0n) is 15.9.